The first-order valence-corrected chi connectivity index (χ1v) is 10.9. The minimum atomic E-state index is -3.55. The number of morpholine rings is 1. The van der Waals surface area contributed by atoms with Crippen LogP contribution in [0.4, 0.5) is 0 Å². The molecular weight excluding hydrogens is 368 g/mol. The van der Waals surface area contributed by atoms with Gasteiger partial charge in [-0.3, -0.25) is 9.58 Å². The molecule has 27 heavy (non-hydrogen) atoms. The number of aryl methyl sites for hydroxylation is 1. The van der Waals surface area contributed by atoms with Crippen LogP contribution in [0, 0.1) is 0 Å². The standard InChI is InChI=1S/C17H32N6O3S/c1-19(2)27(24,25)23-10-11-26-16(17(23)15-12-18-21(4)13-15)14-22-7-5-6-20(3)8-9-22/h12-13,16-17H,5-11,14H2,1-4H3/t16-,17-/m0/s1. The lowest BCUT2D eigenvalue weighted by atomic mass is 10.0. The monoisotopic (exact) mass is 400 g/mol. The fourth-order valence-electron chi connectivity index (χ4n) is 3.84. The van der Waals surface area contributed by atoms with Crippen molar-refractivity contribution in [2.75, 3.05) is 67.0 Å². The lowest BCUT2D eigenvalue weighted by Crippen LogP contribution is -2.54. The fourth-order valence-corrected chi connectivity index (χ4v) is 5.11. The van der Waals surface area contributed by atoms with Crippen molar-refractivity contribution in [1.82, 2.24) is 28.2 Å². The van der Waals surface area contributed by atoms with Gasteiger partial charge in [0.25, 0.3) is 10.2 Å². The summed E-state index contributed by atoms with van der Waals surface area (Å²) in [6, 6.07) is -0.374. The summed E-state index contributed by atoms with van der Waals surface area (Å²) in [5.41, 5.74) is 0.875. The van der Waals surface area contributed by atoms with Crippen LogP contribution in [0.15, 0.2) is 12.4 Å². The van der Waals surface area contributed by atoms with Gasteiger partial charge in [0.2, 0.25) is 0 Å². The number of ether oxygens (including phenoxy) is 1. The minimum absolute atomic E-state index is 0.221. The van der Waals surface area contributed by atoms with Crippen molar-refractivity contribution in [3.8, 4) is 0 Å². The fraction of sp³-hybridized carbons (Fsp3) is 0.824. The molecule has 0 amide bonds. The van der Waals surface area contributed by atoms with E-state index in [0.29, 0.717) is 19.7 Å². The first-order chi connectivity index (χ1) is 12.8. The van der Waals surface area contributed by atoms with Crippen LogP contribution in [-0.2, 0) is 22.0 Å². The second-order valence-electron chi connectivity index (χ2n) is 7.66. The molecule has 3 rings (SSSR count). The summed E-state index contributed by atoms with van der Waals surface area (Å²) in [5.74, 6) is 0. The van der Waals surface area contributed by atoms with Crippen LogP contribution in [-0.4, -0.2) is 110 Å². The van der Waals surface area contributed by atoms with Gasteiger partial charge >= 0.3 is 0 Å². The zero-order valence-corrected chi connectivity index (χ0v) is 17.6. The number of likely N-dealkylation sites (N-methyl/N-ethyl adjacent to an activating group) is 1. The molecule has 9 nitrogen and oxygen atoms in total. The van der Waals surface area contributed by atoms with Gasteiger partial charge in [-0.05, 0) is 26.6 Å². The van der Waals surface area contributed by atoms with Crippen LogP contribution in [0.5, 0.6) is 0 Å². The summed E-state index contributed by atoms with van der Waals surface area (Å²) in [5, 5.41) is 4.27. The normalized spacial score (nSPS) is 27.1. The summed E-state index contributed by atoms with van der Waals surface area (Å²) in [4.78, 5) is 4.73. The van der Waals surface area contributed by atoms with E-state index < -0.39 is 10.2 Å². The molecule has 0 spiro atoms. The Kier molecular flexibility index (Phi) is 6.54. The summed E-state index contributed by atoms with van der Waals surface area (Å²) in [6.45, 7) is 5.55. The Labute approximate surface area is 162 Å². The van der Waals surface area contributed by atoms with Crippen LogP contribution < -0.4 is 0 Å². The van der Waals surface area contributed by atoms with Crippen molar-refractivity contribution in [3.05, 3.63) is 18.0 Å². The highest BCUT2D eigenvalue weighted by Gasteiger charge is 2.42. The second-order valence-corrected chi connectivity index (χ2v) is 9.75. The predicted octanol–water partition coefficient (Wildman–Crippen LogP) is -0.394. The average molecular weight is 401 g/mol. The van der Waals surface area contributed by atoms with E-state index in [1.807, 2.05) is 13.2 Å². The third-order valence-electron chi connectivity index (χ3n) is 5.38. The largest absolute Gasteiger partial charge is 0.373 e. The Hall–Kier alpha value is -1.04. The molecule has 0 N–H and O–H groups in total. The molecule has 10 heteroatoms. The Morgan fingerprint density at radius 2 is 1.96 bits per heavy atom. The molecule has 0 unspecified atom stereocenters. The SMILES string of the molecule is CN1CCCN(C[C@@H]2OCCN(S(=O)(=O)N(C)C)[C@H]2c2cnn(C)c2)CC1. The van der Waals surface area contributed by atoms with E-state index >= 15 is 0 Å². The molecule has 154 valence electrons. The van der Waals surface area contributed by atoms with Crippen LogP contribution in [0.1, 0.15) is 18.0 Å². The summed E-state index contributed by atoms with van der Waals surface area (Å²) >= 11 is 0. The van der Waals surface area contributed by atoms with Gasteiger partial charge in [-0.15, -0.1) is 0 Å². The van der Waals surface area contributed by atoms with Gasteiger partial charge in [-0.25, -0.2) is 0 Å². The Bertz CT molecular complexity index is 722. The molecule has 0 radical (unpaired) electrons. The van der Waals surface area contributed by atoms with Crippen molar-refractivity contribution < 1.29 is 13.2 Å². The number of nitrogens with zero attached hydrogens (tertiary/aromatic N) is 6. The van der Waals surface area contributed by atoms with E-state index in [1.165, 1.54) is 4.31 Å². The number of aromatic nitrogens is 2. The van der Waals surface area contributed by atoms with Crippen molar-refractivity contribution in [1.29, 1.82) is 0 Å². The molecule has 2 aliphatic heterocycles. The van der Waals surface area contributed by atoms with E-state index in [9.17, 15) is 8.42 Å². The maximum Gasteiger partial charge on any atom is 0.282 e. The molecule has 0 aromatic carbocycles. The highest BCUT2D eigenvalue weighted by molar-refractivity contribution is 7.86. The molecule has 1 aromatic rings. The second kappa shape index (κ2) is 8.54. The van der Waals surface area contributed by atoms with Gasteiger partial charge < -0.3 is 9.64 Å². The molecule has 0 bridgehead atoms. The van der Waals surface area contributed by atoms with Crippen molar-refractivity contribution in [2.24, 2.45) is 7.05 Å². The highest BCUT2D eigenvalue weighted by atomic mass is 32.2. The molecule has 2 fully saturated rings. The van der Waals surface area contributed by atoms with E-state index in [4.69, 9.17) is 4.74 Å². The van der Waals surface area contributed by atoms with Gasteiger partial charge in [0, 0.05) is 59.1 Å². The quantitative estimate of drug-likeness (QED) is 0.670. The van der Waals surface area contributed by atoms with E-state index in [0.717, 1.165) is 38.2 Å². The first-order valence-electron chi connectivity index (χ1n) is 9.49. The van der Waals surface area contributed by atoms with E-state index in [-0.39, 0.29) is 12.1 Å². The van der Waals surface area contributed by atoms with Gasteiger partial charge in [0.15, 0.2) is 0 Å². The van der Waals surface area contributed by atoms with Gasteiger partial charge in [0.1, 0.15) is 0 Å². The minimum Gasteiger partial charge on any atom is -0.373 e. The van der Waals surface area contributed by atoms with Crippen LogP contribution in [0.2, 0.25) is 0 Å². The Balaban J connectivity index is 1.86. The zero-order valence-electron chi connectivity index (χ0n) is 16.8. The molecule has 0 aliphatic carbocycles. The highest BCUT2D eigenvalue weighted by Crippen LogP contribution is 2.33. The maximum absolute atomic E-state index is 13.0. The topological polar surface area (TPSA) is 74.2 Å². The van der Waals surface area contributed by atoms with Crippen LogP contribution in [0.3, 0.4) is 0 Å². The maximum atomic E-state index is 13.0. The molecular formula is C17H32N6O3S. The van der Waals surface area contributed by atoms with Crippen LogP contribution >= 0.6 is 0 Å². The smallest absolute Gasteiger partial charge is 0.282 e. The third-order valence-corrected chi connectivity index (χ3v) is 7.31. The molecule has 1 aromatic heterocycles. The Morgan fingerprint density at radius 3 is 2.63 bits per heavy atom. The molecule has 2 saturated heterocycles. The van der Waals surface area contributed by atoms with E-state index in [2.05, 4.69) is 21.9 Å². The predicted molar refractivity (Wildman–Crippen MR) is 104 cm³/mol. The lowest BCUT2D eigenvalue weighted by Gasteiger charge is -2.42. The summed E-state index contributed by atoms with van der Waals surface area (Å²) in [6.07, 6.45) is 4.53. The lowest BCUT2D eigenvalue weighted by molar-refractivity contribution is -0.0575. The number of rotatable bonds is 5. The number of hydrogen-bond donors (Lipinski definition) is 0. The molecule has 3 heterocycles. The van der Waals surface area contributed by atoms with Crippen LogP contribution in [0.25, 0.3) is 0 Å². The van der Waals surface area contributed by atoms with Crippen molar-refractivity contribution in [2.45, 2.75) is 18.6 Å². The van der Waals surface area contributed by atoms with Gasteiger partial charge in [0.05, 0.1) is 24.9 Å². The molecule has 2 atom stereocenters. The summed E-state index contributed by atoms with van der Waals surface area (Å²) < 4.78 is 36.6. The zero-order chi connectivity index (χ0) is 19.6. The number of hydrogen-bond acceptors (Lipinski definition) is 6. The van der Waals surface area contributed by atoms with Crippen molar-refractivity contribution in [3.63, 3.8) is 0 Å². The molecule has 2 aliphatic rings. The first kappa shape index (κ1) is 20.7. The van der Waals surface area contributed by atoms with Gasteiger partial charge in [-0.2, -0.15) is 22.1 Å². The third kappa shape index (κ3) is 4.69. The van der Waals surface area contributed by atoms with Gasteiger partial charge in [-0.1, -0.05) is 0 Å². The molecule has 0 saturated carbocycles. The van der Waals surface area contributed by atoms with Crippen molar-refractivity contribution >= 4 is 10.2 Å². The van der Waals surface area contributed by atoms with E-state index in [1.54, 1.807) is 29.3 Å². The Morgan fingerprint density at radius 1 is 1.19 bits per heavy atom. The summed E-state index contributed by atoms with van der Waals surface area (Å²) in [7, 11) is 3.58. The average Bonchev–Trinajstić information content (AvgIpc) is 2.94.